The third-order valence-electron chi connectivity index (χ3n) is 5.40. The van der Waals surface area contributed by atoms with Gasteiger partial charge in [0.05, 0.1) is 16.9 Å². The van der Waals surface area contributed by atoms with E-state index in [9.17, 15) is 9.18 Å². The lowest BCUT2D eigenvalue weighted by Gasteiger charge is -2.33. The first kappa shape index (κ1) is 21.7. The van der Waals surface area contributed by atoms with E-state index in [-0.39, 0.29) is 16.9 Å². The number of rotatable bonds is 8. The van der Waals surface area contributed by atoms with Crippen LogP contribution in [-0.4, -0.2) is 71.3 Å². The number of carbonyl (C=O) groups excluding carboxylic acids is 1. The fourth-order valence-corrected chi connectivity index (χ4v) is 3.95. The third kappa shape index (κ3) is 5.56. The molecule has 6 nitrogen and oxygen atoms in total. The second-order valence-electron chi connectivity index (χ2n) is 7.38. The first-order chi connectivity index (χ1) is 14.0. The topological polar surface area (TPSA) is 53.4 Å². The van der Waals surface area contributed by atoms with E-state index in [4.69, 9.17) is 11.6 Å². The Morgan fingerprint density at radius 1 is 1.14 bits per heavy atom. The van der Waals surface area contributed by atoms with Crippen LogP contribution < -0.4 is 5.32 Å². The fourth-order valence-electron chi connectivity index (χ4n) is 3.59. The van der Waals surface area contributed by atoms with Gasteiger partial charge in [-0.2, -0.15) is 5.10 Å². The lowest BCUT2D eigenvalue weighted by atomic mass is 10.2. The maximum Gasteiger partial charge on any atom is 0.256 e. The van der Waals surface area contributed by atoms with Crippen molar-refractivity contribution in [2.45, 2.75) is 26.7 Å². The minimum atomic E-state index is -0.334. The Kier molecular flexibility index (Phi) is 7.64. The van der Waals surface area contributed by atoms with Crippen LogP contribution in [0.3, 0.4) is 0 Å². The number of likely N-dealkylation sites (N-methyl/N-ethyl adjacent to an activating group) is 1. The van der Waals surface area contributed by atoms with E-state index in [1.807, 2.05) is 0 Å². The number of nitrogens with zero attached hydrogens (tertiary/aromatic N) is 4. The van der Waals surface area contributed by atoms with Crippen molar-refractivity contribution in [2.75, 3.05) is 45.8 Å². The quantitative estimate of drug-likeness (QED) is 0.665. The summed E-state index contributed by atoms with van der Waals surface area (Å²) in [7, 11) is 0. The van der Waals surface area contributed by atoms with Crippen LogP contribution in [0.2, 0.25) is 5.15 Å². The highest BCUT2D eigenvalue weighted by molar-refractivity contribution is 6.33. The second-order valence-corrected chi connectivity index (χ2v) is 7.74. The van der Waals surface area contributed by atoms with Gasteiger partial charge in [-0.1, -0.05) is 18.5 Å². The summed E-state index contributed by atoms with van der Waals surface area (Å²) < 4.78 is 14.6. The number of nitrogens with one attached hydrogen (secondary N) is 1. The predicted molar refractivity (Wildman–Crippen MR) is 113 cm³/mol. The smallest absolute Gasteiger partial charge is 0.256 e. The van der Waals surface area contributed by atoms with Gasteiger partial charge in [0.25, 0.3) is 5.91 Å². The van der Waals surface area contributed by atoms with Crippen molar-refractivity contribution < 1.29 is 9.18 Å². The maximum absolute atomic E-state index is 13.1. The largest absolute Gasteiger partial charge is 0.352 e. The minimum Gasteiger partial charge on any atom is -0.352 e. The first-order valence-corrected chi connectivity index (χ1v) is 10.6. The van der Waals surface area contributed by atoms with Gasteiger partial charge >= 0.3 is 0 Å². The molecule has 8 heteroatoms. The van der Waals surface area contributed by atoms with Gasteiger partial charge in [0.15, 0.2) is 0 Å². The molecule has 0 atom stereocenters. The molecular weight excluding hydrogens is 393 g/mol. The van der Waals surface area contributed by atoms with Crippen LogP contribution in [0.1, 0.15) is 35.8 Å². The summed E-state index contributed by atoms with van der Waals surface area (Å²) in [6, 6.07) is 5.83. The van der Waals surface area contributed by atoms with Crippen LogP contribution in [0.5, 0.6) is 0 Å². The molecule has 1 fully saturated rings. The van der Waals surface area contributed by atoms with E-state index in [2.05, 4.69) is 27.1 Å². The molecule has 158 valence electrons. The van der Waals surface area contributed by atoms with E-state index < -0.39 is 0 Å². The molecule has 1 N–H and O–H groups in total. The zero-order valence-corrected chi connectivity index (χ0v) is 17.9. The molecule has 1 saturated heterocycles. The van der Waals surface area contributed by atoms with Gasteiger partial charge in [0, 0.05) is 32.7 Å². The summed E-state index contributed by atoms with van der Waals surface area (Å²) in [6.45, 7) is 11.3. The Hall–Kier alpha value is -1.96. The minimum absolute atomic E-state index is 0.225. The van der Waals surface area contributed by atoms with Gasteiger partial charge in [-0.3, -0.25) is 4.79 Å². The van der Waals surface area contributed by atoms with Crippen molar-refractivity contribution >= 4 is 17.5 Å². The van der Waals surface area contributed by atoms with Gasteiger partial charge in [-0.25, -0.2) is 9.07 Å². The Morgan fingerprint density at radius 3 is 2.45 bits per heavy atom. The Bertz CT molecular complexity index is 815. The standard InChI is InChI=1S/C21H29ClFN5O/c1-3-26-12-14-27(15-13-26)11-5-4-10-24-21(29)19-16(2)25-28(20(19)22)18-8-6-17(23)7-9-18/h6-9H,3-5,10-15H2,1-2H3,(H,24,29). The first-order valence-electron chi connectivity index (χ1n) is 10.2. The van der Waals surface area contributed by atoms with Crippen LogP contribution in [-0.2, 0) is 0 Å². The summed E-state index contributed by atoms with van der Waals surface area (Å²) in [6.07, 6.45) is 1.97. The molecule has 0 saturated carbocycles. The van der Waals surface area contributed by atoms with Gasteiger partial charge in [-0.05, 0) is 57.1 Å². The predicted octanol–water partition coefficient (Wildman–Crippen LogP) is 3.12. The van der Waals surface area contributed by atoms with Crippen molar-refractivity contribution in [3.05, 3.63) is 46.5 Å². The number of carbonyl (C=O) groups is 1. The fraction of sp³-hybridized carbons (Fsp3) is 0.524. The van der Waals surface area contributed by atoms with Crippen molar-refractivity contribution in [1.82, 2.24) is 24.9 Å². The highest BCUT2D eigenvalue weighted by Crippen LogP contribution is 2.23. The van der Waals surface area contributed by atoms with Gasteiger partial charge in [0.2, 0.25) is 0 Å². The SMILES string of the molecule is CCN1CCN(CCCCNC(=O)c2c(C)nn(-c3ccc(F)cc3)c2Cl)CC1. The summed E-state index contributed by atoms with van der Waals surface area (Å²) in [5.41, 5.74) is 1.53. The number of hydrogen-bond donors (Lipinski definition) is 1. The summed E-state index contributed by atoms with van der Waals surface area (Å²) >= 11 is 6.40. The summed E-state index contributed by atoms with van der Waals surface area (Å²) in [5, 5.41) is 7.52. The molecule has 2 heterocycles. The van der Waals surface area contributed by atoms with E-state index in [0.717, 1.165) is 52.1 Å². The Balaban J connectivity index is 1.47. The Labute approximate surface area is 176 Å². The van der Waals surface area contributed by atoms with Crippen LogP contribution in [0.15, 0.2) is 24.3 Å². The zero-order chi connectivity index (χ0) is 20.8. The van der Waals surface area contributed by atoms with Crippen molar-refractivity contribution in [1.29, 1.82) is 0 Å². The number of benzene rings is 1. The molecule has 0 unspecified atom stereocenters. The van der Waals surface area contributed by atoms with E-state index in [1.165, 1.54) is 16.8 Å². The molecule has 1 aromatic heterocycles. The number of amides is 1. The molecule has 1 aromatic carbocycles. The summed E-state index contributed by atoms with van der Waals surface area (Å²) in [5.74, 6) is -0.559. The van der Waals surface area contributed by atoms with Crippen molar-refractivity contribution in [3.63, 3.8) is 0 Å². The highest BCUT2D eigenvalue weighted by Gasteiger charge is 2.21. The number of hydrogen-bond acceptors (Lipinski definition) is 4. The number of aryl methyl sites for hydroxylation is 1. The molecule has 0 radical (unpaired) electrons. The second kappa shape index (κ2) is 10.2. The monoisotopic (exact) mass is 421 g/mol. The lowest BCUT2D eigenvalue weighted by Crippen LogP contribution is -2.46. The molecule has 0 aliphatic carbocycles. The Morgan fingerprint density at radius 2 is 1.79 bits per heavy atom. The van der Waals surface area contributed by atoms with E-state index in [1.54, 1.807) is 19.1 Å². The van der Waals surface area contributed by atoms with Crippen LogP contribution >= 0.6 is 11.6 Å². The number of aromatic nitrogens is 2. The highest BCUT2D eigenvalue weighted by atomic mass is 35.5. The molecule has 0 spiro atoms. The lowest BCUT2D eigenvalue weighted by molar-refractivity contribution is 0.0951. The van der Waals surface area contributed by atoms with Crippen LogP contribution in [0.25, 0.3) is 5.69 Å². The average Bonchev–Trinajstić information content (AvgIpc) is 3.02. The molecule has 1 aliphatic heterocycles. The number of unbranched alkanes of at least 4 members (excludes halogenated alkanes) is 1. The van der Waals surface area contributed by atoms with E-state index in [0.29, 0.717) is 23.5 Å². The molecule has 2 aromatic rings. The average molecular weight is 422 g/mol. The molecule has 0 bridgehead atoms. The van der Waals surface area contributed by atoms with Gasteiger partial charge in [-0.15, -0.1) is 0 Å². The normalized spacial score (nSPS) is 15.6. The van der Waals surface area contributed by atoms with Crippen molar-refractivity contribution in [2.24, 2.45) is 0 Å². The van der Waals surface area contributed by atoms with Gasteiger partial charge in [0.1, 0.15) is 11.0 Å². The van der Waals surface area contributed by atoms with Crippen molar-refractivity contribution in [3.8, 4) is 5.69 Å². The maximum atomic E-state index is 13.1. The molecule has 1 amide bonds. The van der Waals surface area contributed by atoms with Gasteiger partial charge < -0.3 is 15.1 Å². The zero-order valence-electron chi connectivity index (χ0n) is 17.1. The summed E-state index contributed by atoms with van der Waals surface area (Å²) in [4.78, 5) is 17.5. The van der Waals surface area contributed by atoms with Crippen LogP contribution in [0.4, 0.5) is 4.39 Å². The molecule has 1 aliphatic rings. The number of halogens is 2. The van der Waals surface area contributed by atoms with Crippen LogP contribution in [0, 0.1) is 12.7 Å². The number of piperazine rings is 1. The third-order valence-corrected chi connectivity index (χ3v) is 5.75. The molecule has 3 rings (SSSR count). The van der Waals surface area contributed by atoms with E-state index >= 15 is 0 Å². The molecular formula is C21H29ClFN5O. The molecule has 29 heavy (non-hydrogen) atoms.